The average Bonchev–Trinajstić information content (AvgIpc) is 2.95. The highest BCUT2D eigenvalue weighted by Crippen LogP contribution is 2.20. The number of thiazole rings is 1. The van der Waals surface area contributed by atoms with Crippen LogP contribution in [0.4, 0.5) is 8.78 Å². The van der Waals surface area contributed by atoms with Crippen LogP contribution in [-0.4, -0.2) is 31.2 Å². The van der Waals surface area contributed by atoms with Crippen molar-refractivity contribution < 1.29 is 23.0 Å². The largest absolute Gasteiger partial charge is 0.483 e. The average molecular weight is 328 g/mol. The van der Waals surface area contributed by atoms with Gasteiger partial charge in [0.25, 0.3) is 5.91 Å². The summed E-state index contributed by atoms with van der Waals surface area (Å²) in [7, 11) is 1.54. The van der Waals surface area contributed by atoms with Gasteiger partial charge in [-0.3, -0.25) is 4.79 Å². The van der Waals surface area contributed by atoms with Gasteiger partial charge in [-0.25, -0.2) is 13.8 Å². The van der Waals surface area contributed by atoms with Gasteiger partial charge in [0.2, 0.25) is 0 Å². The predicted molar refractivity (Wildman–Crippen MR) is 77.0 cm³/mol. The number of benzene rings is 1. The monoisotopic (exact) mass is 328 g/mol. The summed E-state index contributed by atoms with van der Waals surface area (Å²) < 4.78 is 36.2. The lowest BCUT2D eigenvalue weighted by Gasteiger charge is -2.05. The molecule has 22 heavy (non-hydrogen) atoms. The van der Waals surface area contributed by atoms with Crippen LogP contribution in [0.1, 0.15) is 15.5 Å². The van der Waals surface area contributed by atoms with E-state index in [1.165, 1.54) is 17.4 Å². The van der Waals surface area contributed by atoms with Crippen molar-refractivity contribution in [2.45, 2.75) is 6.61 Å². The molecule has 8 heteroatoms. The molecule has 1 amide bonds. The Balaban J connectivity index is 1.90. The minimum Gasteiger partial charge on any atom is -0.483 e. The molecule has 0 saturated carbocycles. The SMILES string of the molecule is COCCNC(=O)c1csc(COc2ccc(F)cc2F)n1. The van der Waals surface area contributed by atoms with Gasteiger partial charge in [-0.05, 0) is 12.1 Å². The molecule has 0 radical (unpaired) electrons. The van der Waals surface area contributed by atoms with E-state index in [1.807, 2.05) is 0 Å². The number of amides is 1. The van der Waals surface area contributed by atoms with E-state index in [4.69, 9.17) is 9.47 Å². The number of nitrogens with one attached hydrogen (secondary N) is 1. The van der Waals surface area contributed by atoms with Gasteiger partial charge < -0.3 is 14.8 Å². The third-order valence-electron chi connectivity index (χ3n) is 2.62. The maximum Gasteiger partial charge on any atom is 0.270 e. The normalized spacial score (nSPS) is 10.5. The van der Waals surface area contributed by atoms with Crippen molar-refractivity contribution in [1.29, 1.82) is 0 Å². The summed E-state index contributed by atoms with van der Waals surface area (Å²) in [6.45, 7) is 0.799. The molecule has 0 aliphatic rings. The third-order valence-corrected chi connectivity index (χ3v) is 3.44. The van der Waals surface area contributed by atoms with E-state index in [-0.39, 0.29) is 24.0 Å². The molecule has 1 aromatic carbocycles. The molecule has 0 aliphatic carbocycles. The third kappa shape index (κ3) is 4.47. The Labute approximate surface area is 129 Å². The number of hydrogen-bond donors (Lipinski definition) is 1. The van der Waals surface area contributed by atoms with Gasteiger partial charge in [0, 0.05) is 25.1 Å². The zero-order valence-corrected chi connectivity index (χ0v) is 12.6. The lowest BCUT2D eigenvalue weighted by atomic mass is 10.3. The molecule has 0 unspecified atom stereocenters. The van der Waals surface area contributed by atoms with Gasteiger partial charge in [0.1, 0.15) is 23.1 Å². The van der Waals surface area contributed by atoms with Crippen molar-refractivity contribution >= 4 is 17.2 Å². The Hall–Kier alpha value is -2.06. The molecule has 1 heterocycles. The summed E-state index contributed by atoms with van der Waals surface area (Å²) in [5.41, 5.74) is 0.263. The van der Waals surface area contributed by atoms with E-state index in [9.17, 15) is 13.6 Å². The minimum absolute atomic E-state index is 0.00142. The van der Waals surface area contributed by atoms with Crippen LogP contribution < -0.4 is 10.1 Å². The number of rotatable bonds is 7. The number of methoxy groups -OCH3 is 1. The van der Waals surface area contributed by atoms with Crippen LogP contribution in [-0.2, 0) is 11.3 Å². The Kier molecular flexibility index (Phi) is 5.79. The van der Waals surface area contributed by atoms with Crippen LogP contribution in [0.3, 0.4) is 0 Å². The van der Waals surface area contributed by atoms with Crippen molar-refractivity contribution in [2.75, 3.05) is 20.3 Å². The molecule has 5 nitrogen and oxygen atoms in total. The smallest absolute Gasteiger partial charge is 0.270 e. The molecule has 0 saturated heterocycles. The zero-order valence-electron chi connectivity index (χ0n) is 11.8. The predicted octanol–water partition coefficient (Wildman–Crippen LogP) is 2.38. The van der Waals surface area contributed by atoms with E-state index < -0.39 is 11.6 Å². The molecule has 0 spiro atoms. The second-order valence-electron chi connectivity index (χ2n) is 4.24. The van der Waals surface area contributed by atoms with Crippen molar-refractivity contribution in [3.05, 3.63) is 45.9 Å². The summed E-state index contributed by atoms with van der Waals surface area (Å²) in [6.07, 6.45) is 0. The van der Waals surface area contributed by atoms with Gasteiger partial charge >= 0.3 is 0 Å². The van der Waals surface area contributed by atoms with Crippen LogP contribution in [0, 0.1) is 11.6 Å². The summed E-state index contributed by atoms with van der Waals surface area (Å²) >= 11 is 1.22. The summed E-state index contributed by atoms with van der Waals surface area (Å²) in [4.78, 5) is 15.8. The fourth-order valence-corrected chi connectivity index (χ4v) is 2.26. The standard InChI is InChI=1S/C14H14F2N2O3S/c1-20-5-4-17-14(19)11-8-22-13(18-11)7-21-12-3-2-9(15)6-10(12)16/h2-3,6,8H,4-5,7H2,1H3,(H,17,19). The Bertz CT molecular complexity index is 649. The maximum absolute atomic E-state index is 13.4. The number of hydrogen-bond acceptors (Lipinski definition) is 5. The molecule has 1 aromatic heterocycles. The molecule has 0 aliphatic heterocycles. The number of ether oxygens (including phenoxy) is 2. The van der Waals surface area contributed by atoms with E-state index in [1.54, 1.807) is 12.5 Å². The molecule has 0 fully saturated rings. The van der Waals surface area contributed by atoms with Crippen molar-refractivity contribution in [3.8, 4) is 5.75 Å². The molecule has 2 rings (SSSR count). The zero-order chi connectivity index (χ0) is 15.9. The first-order chi connectivity index (χ1) is 10.6. The topological polar surface area (TPSA) is 60.5 Å². The number of carbonyl (C=O) groups is 1. The second-order valence-corrected chi connectivity index (χ2v) is 5.18. The van der Waals surface area contributed by atoms with Crippen molar-refractivity contribution in [2.24, 2.45) is 0 Å². The van der Waals surface area contributed by atoms with Gasteiger partial charge in [-0.15, -0.1) is 11.3 Å². The highest BCUT2D eigenvalue weighted by atomic mass is 32.1. The van der Waals surface area contributed by atoms with Crippen LogP contribution in [0.2, 0.25) is 0 Å². The highest BCUT2D eigenvalue weighted by Gasteiger charge is 2.11. The first kappa shape index (κ1) is 16.3. The van der Waals surface area contributed by atoms with Gasteiger partial charge in [-0.2, -0.15) is 0 Å². The summed E-state index contributed by atoms with van der Waals surface area (Å²) in [5.74, 6) is -1.83. The molecular formula is C14H14F2N2O3S. The molecule has 1 N–H and O–H groups in total. The minimum atomic E-state index is -0.783. The Morgan fingerprint density at radius 2 is 2.23 bits per heavy atom. The first-order valence-electron chi connectivity index (χ1n) is 6.39. The first-order valence-corrected chi connectivity index (χ1v) is 7.27. The van der Waals surface area contributed by atoms with E-state index >= 15 is 0 Å². The second kappa shape index (κ2) is 7.81. The number of carbonyl (C=O) groups excluding carboxylic acids is 1. The van der Waals surface area contributed by atoms with Crippen LogP contribution in [0.5, 0.6) is 5.75 Å². The Morgan fingerprint density at radius 1 is 1.41 bits per heavy atom. The van der Waals surface area contributed by atoms with Crippen LogP contribution in [0.25, 0.3) is 0 Å². The van der Waals surface area contributed by atoms with Crippen LogP contribution in [0.15, 0.2) is 23.6 Å². The maximum atomic E-state index is 13.4. The number of nitrogens with zero attached hydrogens (tertiary/aromatic N) is 1. The van der Waals surface area contributed by atoms with E-state index in [2.05, 4.69) is 10.3 Å². The van der Waals surface area contributed by atoms with E-state index in [0.29, 0.717) is 18.2 Å². The lowest BCUT2D eigenvalue weighted by Crippen LogP contribution is -2.27. The lowest BCUT2D eigenvalue weighted by molar-refractivity contribution is 0.0932. The molecule has 0 bridgehead atoms. The summed E-state index contributed by atoms with van der Waals surface area (Å²) in [6, 6.07) is 3.05. The van der Waals surface area contributed by atoms with Crippen LogP contribution >= 0.6 is 11.3 Å². The van der Waals surface area contributed by atoms with Crippen molar-refractivity contribution in [1.82, 2.24) is 10.3 Å². The van der Waals surface area contributed by atoms with Gasteiger partial charge in [0.05, 0.1) is 6.61 Å². The quantitative estimate of drug-likeness (QED) is 0.793. The summed E-state index contributed by atoms with van der Waals surface area (Å²) in [5, 5.41) is 4.74. The highest BCUT2D eigenvalue weighted by molar-refractivity contribution is 7.09. The molecule has 2 aromatic rings. The number of halogens is 2. The molecule has 0 atom stereocenters. The fourth-order valence-electron chi connectivity index (χ4n) is 1.57. The number of aromatic nitrogens is 1. The van der Waals surface area contributed by atoms with E-state index in [0.717, 1.165) is 12.1 Å². The van der Waals surface area contributed by atoms with Gasteiger partial charge in [0.15, 0.2) is 11.6 Å². The van der Waals surface area contributed by atoms with Crippen molar-refractivity contribution in [3.63, 3.8) is 0 Å². The molecule has 118 valence electrons. The van der Waals surface area contributed by atoms with Gasteiger partial charge in [-0.1, -0.05) is 0 Å². The Morgan fingerprint density at radius 3 is 2.95 bits per heavy atom. The molecular weight excluding hydrogens is 314 g/mol. The fraction of sp³-hybridized carbons (Fsp3) is 0.286.